The third kappa shape index (κ3) is 4.43. The molecule has 0 saturated carbocycles. The van der Waals surface area contributed by atoms with Gasteiger partial charge in [-0.25, -0.2) is 0 Å². The summed E-state index contributed by atoms with van der Waals surface area (Å²) in [5, 5.41) is 7.97. The Hall–Kier alpha value is -4.16. The Morgan fingerprint density at radius 3 is 1.58 bits per heavy atom. The zero-order chi connectivity index (χ0) is 24.5. The van der Waals surface area contributed by atoms with Crippen LogP contribution >= 0.6 is 0 Å². The highest BCUT2D eigenvalue weighted by Crippen LogP contribution is 2.36. The minimum absolute atomic E-state index is 1.05. The van der Waals surface area contributed by atoms with Crippen molar-refractivity contribution < 1.29 is 0 Å². The van der Waals surface area contributed by atoms with Crippen LogP contribution in [-0.4, -0.2) is 0 Å². The molecule has 0 bridgehead atoms. The maximum Gasteiger partial charge on any atom is -0.00930 e. The second kappa shape index (κ2) is 9.47. The summed E-state index contributed by atoms with van der Waals surface area (Å²) in [5.41, 5.74) is 7.84. The molecular weight excluding hydrogens is 432 g/mol. The van der Waals surface area contributed by atoms with Gasteiger partial charge in [0.25, 0.3) is 0 Å². The van der Waals surface area contributed by atoms with E-state index >= 15 is 0 Å². The van der Waals surface area contributed by atoms with Gasteiger partial charge in [0.15, 0.2) is 0 Å². The first-order valence-electron chi connectivity index (χ1n) is 12.8. The van der Waals surface area contributed by atoms with Crippen molar-refractivity contribution in [1.29, 1.82) is 0 Å². The molecule has 0 nitrogen and oxygen atoms in total. The molecule has 6 rings (SSSR count). The molecule has 0 fully saturated rings. The van der Waals surface area contributed by atoms with Crippen LogP contribution in [0.1, 0.15) is 33.4 Å². The molecule has 0 aliphatic rings. The molecule has 0 unspecified atom stereocenters. The van der Waals surface area contributed by atoms with E-state index in [4.69, 9.17) is 0 Å². The highest BCUT2D eigenvalue weighted by atomic mass is 14.1. The SMILES string of the molecule is Cc1ccc(/C=C/c2ccc3c4ccc(CCc5ccc(C)cc5)cc4c4ccccc4c3c2)cc1. The minimum atomic E-state index is 1.05. The van der Waals surface area contributed by atoms with Crippen LogP contribution in [0.5, 0.6) is 0 Å². The molecule has 0 atom stereocenters. The van der Waals surface area contributed by atoms with Gasteiger partial charge in [-0.2, -0.15) is 0 Å². The third-order valence-electron chi connectivity index (χ3n) is 7.29. The Bertz CT molecular complexity index is 1700. The number of rotatable bonds is 5. The van der Waals surface area contributed by atoms with Gasteiger partial charge in [-0.15, -0.1) is 0 Å². The van der Waals surface area contributed by atoms with Gasteiger partial charge >= 0.3 is 0 Å². The maximum atomic E-state index is 2.41. The summed E-state index contributed by atoms with van der Waals surface area (Å²) in [7, 11) is 0. The smallest absolute Gasteiger partial charge is 0.00930 e. The molecule has 0 saturated heterocycles. The van der Waals surface area contributed by atoms with Gasteiger partial charge in [0.2, 0.25) is 0 Å². The lowest BCUT2D eigenvalue weighted by molar-refractivity contribution is 0.961. The van der Waals surface area contributed by atoms with Crippen molar-refractivity contribution in [3.05, 3.63) is 143 Å². The van der Waals surface area contributed by atoms with Crippen molar-refractivity contribution in [2.75, 3.05) is 0 Å². The first-order chi connectivity index (χ1) is 17.6. The molecule has 0 aliphatic heterocycles. The number of hydrogen-bond donors (Lipinski definition) is 0. The van der Waals surface area contributed by atoms with E-state index < -0.39 is 0 Å². The van der Waals surface area contributed by atoms with E-state index in [9.17, 15) is 0 Å². The summed E-state index contributed by atoms with van der Waals surface area (Å²) in [6, 6.07) is 40.4. The largest absolute Gasteiger partial charge is 0.0616 e. The average molecular weight is 463 g/mol. The molecule has 0 spiro atoms. The topological polar surface area (TPSA) is 0 Å². The number of aryl methyl sites for hydroxylation is 4. The summed E-state index contributed by atoms with van der Waals surface area (Å²) in [4.78, 5) is 0. The van der Waals surface area contributed by atoms with Crippen LogP contribution < -0.4 is 0 Å². The summed E-state index contributed by atoms with van der Waals surface area (Å²) < 4.78 is 0. The predicted molar refractivity (Wildman–Crippen MR) is 158 cm³/mol. The Morgan fingerprint density at radius 1 is 0.417 bits per heavy atom. The Morgan fingerprint density at radius 2 is 0.889 bits per heavy atom. The normalized spacial score (nSPS) is 11.7. The molecule has 0 heteroatoms. The van der Waals surface area contributed by atoms with Crippen LogP contribution in [0.3, 0.4) is 0 Å². The van der Waals surface area contributed by atoms with Crippen LogP contribution in [0.2, 0.25) is 0 Å². The van der Waals surface area contributed by atoms with Crippen LogP contribution in [0, 0.1) is 13.8 Å². The predicted octanol–water partition coefficient (Wildman–Crippen LogP) is 9.72. The first-order valence-corrected chi connectivity index (χ1v) is 12.8. The fourth-order valence-electron chi connectivity index (χ4n) is 5.19. The Labute approximate surface area is 213 Å². The number of benzene rings is 6. The van der Waals surface area contributed by atoms with E-state index in [-0.39, 0.29) is 0 Å². The Balaban J connectivity index is 1.40. The van der Waals surface area contributed by atoms with Crippen molar-refractivity contribution in [3.63, 3.8) is 0 Å². The molecule has 0 aliphatic carbocycles. The van der Waals surface area contributed by atoms with Crippen molar-refractivity contribution in [3.8, 4) is 0 Å². The average Bonchev–Trinajstić information content (AvgIpc) is 2.92. The van der Waals surface area contributed by atoms with E-state index in [1.54, 1.807) is 0 Å². The second-order valence-electron chi connectivity index (χ2n) is 9.96. The quantitative estimate of drug-likeness (QED) is 0.177. The van der Waals surface area contributed by atoms with Crippen LogP contribution in [0.15, 0.2) is 109 Å². The molecule has 174 valence electrons. The van der Waals surface area contributed by atoms with Gasteiger partial charge in [0, 0.05) is 0 Å². The molecular formula is C36H30. The van der Waals surface area contributed by atoms with E-state index in [2.05, 4.69) is 135 Å². The molecule has 36 heavy (non-hydrogen) atoms. The summed E-state index contributed by atoms with van der Waals surface area (Å²) in [6.45, 7) is 4.27. The lowest BCUT2D eigenvalue weighted by Crippen LogP contribution is -1.92. The number of hydrogen-bond acceptors (Lipinski definition) is 0. The van der Waals surface area contributed by atoms with E-state index in [0.717, 1.165) is 12.8 Å². The van der Waals surface area contributed by atoms with Gasteiger partial charge in [-0.05, 0) is 87.3 Å². The van der Waals surface area contributed by atoms with Gasteiger partial charge in [-0.3, -0.25) is 0 Å². The summed E-state index contributed by atoms with van der Waals surface area (Å²) >= 11 is 0. The first kappa shape index (κ1) is 22.3. The minimum Gasteiger partial charge on any atom is -0.0616 e. The molecule has 0 heterocycles. The van der Waals surface area contributed by atoms with E-state index in [1.807, 2.05) is 0 Å². The van der Waals surface area contributed by atoms with E-state index in [0.29, 0.717) is 0 Å². The lowest BCUT2D eigenvalue weighted by Gasteiger charge is -2.13. The molecule has 6 aromatic carbocycles. The zero-order valence-electron chi connectivity index (χ0n) is 21.0. The van der Waals surface area contributed by atoms with Crippen molar-refractivity contribution >= 4 is 44.5 Å². The molecule has 0 amide bonds. The van der Waals surface area contributed by atoms with Crippen LogP contribution in [-0.2, 0) is 12.8 Å². The standard InChI is InChI=1S/C36H30/c1-25-7-11-27(12-8-25)15-17-29-19-21-33-34-22-20-30(18-16-28-13-9-26(2)10-14-28)24-36(34)32-6-4-3-5-31(32)35(33)23-29/h3-15,17,19-24H,16,18H2,1-2H3/b17-15+. The zero-order valence-corrected chi connectivity index (χ0v) is 21.0. The van der Waals surface area contributed by atoms with Crippen molar-refractivity contribution in [2.45, 2.75) is 26.7 Å². The Kier molecular flexibility index (Phi) is 5.87. The van der Waals surface area contributed by atoms with Crippen molar-refractivity contribution in [1.82, 2.24) is 0 Å². The van der Waals surface area contributed by atoms with Gasteiger partial charge in [0.05, 0.1) is 0 Å². The molecule has 6 aromatic rings. The summed E-state index contributed by atoms with van der Waals surface area (Å²) in [6.07, 6.45) is 6.53. The molecule has 0 aromatic heterocycles. The van der Waals surface area contributed by atoms with Crippen LogP contribution in [0.25, 0.3) is 44.5 Å². The molecule has 0 N–H and O–H groups in total. The van der Waals surface area contributed by atoms with Crippen molar-refractivity contribution in [2.24, 2.45) is 0 Å². The van der Waals surface area contributed by atoms with Gasteiger partial charge < -0.3 is 0 Å². The summed E-state index contributed by atoms with van der Waals surface area (Å²) in [5.74, 6) is 0. The second-order valence-corrected chi connectivity index (χ2v) is 9.96. The molecule has 0 radical (unpaired) electrons. The monoisotopic (exact) mass is 462 g/mol. The highest BCUT2D eigenvalue weighted by Gasteiger charge is 2.10. The van der Waals surface area contributed by atoms with E-state index in [1.165, 1.54) is 65.7 Å². The highest BCUT2D eigenvalue weighted by molar-refractivity contribution is 6.25. The van der Waals surface area contributed by atoms with Gasteiger partial charge in [0.1, 0.15) is 0 Å². The third-order valence-corrected chi connectivity index (χ3v) is 7.29. The van der Waals surface area contributed by atoms with Crippen LogP contribution in [0.4, 0.5) is 0 Å². The number of fused-ring (bicyclic) bond motifs is 6. The fraction of sp³-hybridized carbons (Fsp3) is 0.111. The van der Waals surface area contributed by atoms with Gasteiger partial charge in [-0.1, -0.05) is 126 Å². The maximum absolute atomic E-state index is 2.41. The fourth-order valence-corrected chi connectivity index (χ4v) is 5.19. The lowest BCUT2D eigenvalue weighted by atomic mass is 9.91.